The molecule has 0 amide bonds. The summed E-state index contributed by atoms with van der Waals surface area (Å²) in [6.07, 6.45) is -1.75. The molecule has 1 N–H and O–H groups in total. The maximum atomic E-state index is 12.4. The van der Waals surface area contributed by atoms with Crippen molar-refractivity contribution in [2.45, 2.75) is 12.3 Å². The van der Waals surface area contributed by atoms with Gasteiger partial charge < -0.3 is 5.11 Å². The van der Waals surface area contributed by atoms with Crippen molar-refractivity contribution < 1.29 is 18.7 Å². The Labute approximate surface area is 83.3 Å². The van der Waals surface area contributed by atoms with Crippen molar-refractivity contribution in [1.29, 1.82) is 0 Å². The second kappa shape index (κ2) is 4.32. The molecule has 0 radical (unpaired) electrons. The lowest BCUT2D eigenvalue weighted by Gasteiger charge is -2.08. The van der Waals surface area contributed by atoms with Gasteiger partial charge in [0.25, 0.3) is 6.43 Å². The number of aromatic hydroxyl groups is 1. The molecule has 14 heavy (non-hydrogen) atoms. The van der Waals surface area contributed by atoms with Crippen molar-refractivity contribution in [3.8, 4) is 5.75 Å². The first-order chi connectivity index (χ1) is 6.61. The van der Waals surface area contributed by atoms with Crippen molar-refractivity contribution in [3.63, 3.8) is 0 Å². The van der Waals surface area contributed by atoms with Crippen LogP contribution in [0.4, 0.5) is 8.78 Å². The number of pyridine rings is 1. The van der Waals surface area contributed by atoms with E-state index in [-0.39, 0.29) is 23.4 Å². The Morgan fingerprint density at radius 3 is 2.71 bits per heavy atom. The Hall–Kier alpha value is -1.23. The van der Waals surface area contributed by atoms with Gasteiger partial charge in [0.05, 0.1) is 17.1 Å². The number of aromatic nitrogens is 1. The van der Waals surface area contributed by atoms with Crippen LogP contribution in [0.25, 0.3) is 0 Å². The van der Waals surface area contributed by atoms with E-state index in [4.69, 9.17) is 11.6 Å². The molecule has 1 heterocycles. The molecule has 1 aromatic heterocycles. The first kappa shape index (κ1) is 10.8. The summed E-state index contributed by atoms with van der Waals surface area (Å²) in [6, 6.07) is 0. The number of aldehydes is 1. The number of hydrogen-bond donors (Lipinski definition) is 1. The number of halogens is 3. The Balaban J connectivity index is 3.38. The Kier molecular flexibility index (Phi) is 3.35. The monoisotopic (exact) mass is 221 g/mol. The van der Waals surface area contributed by atoms with Crippen LogP contribution in [0.2, 0.25) is 0 Å². The average molecular weight is 222 g/mol. The largest absolute Gasteiger partial charge is 0.505 e. The second-order valence-electron chi connectivity index (χ2n) is 2.47. The van der Waals surface area contributed by atoms with Gasteiger partial charge >= 0.3 is 0 Å². The summed E-state index contributed by atoms with van der Waals surface area (Å²) >= 11 is 5.35. The van der Waals surface area contributed by atoms with Gasteiger partial charge in [-0.15, -0.1) is 11.6 Å². The van der Waals surface area contributed by atoms with Crippen molar-refractivity contribution in [1.82, 2.24) is 4.98 Å². The van der Waals surface area contributed by atoms with Gasteiger partial charge in [-0.2, -0.15) is 0 Å². The minimum atomic E-state index is -2.93. The summed E-state index contributed by atoms with van der Waals surface area (Å²) in [5, 5.41) is 9.29. The Bertz CT molecular complexity index is 357. The molecule has 0 aromatic carbocycles. The number of hydrogen-bond acceptors (Lipinski definition) is 3. The molecule has 0 bridgehead atoms. The van der Waals surface area contributed by atoms with Crippen LogP contribution in [0.1, 0.15) is 28.0 Å². The van der Waals surface area contributed by atoms with Crippen LogP contribution in [0, 0.1) is 0 Å². The van der Waals surface area contributed by atoms with E-state index in [0.29, 0.717) is 0 Å². The molecule has 0 spiro atoms. The van der Waals surface area contributed by atoms with Gasteiger partial charge in [0, 0.05) is 11.8 Å². The molecule has 0 aliphatic heterocycles. The molecule has 0 aliphatic carbocycles. The summed E-state index contributed by atoms with van der Waals surface area (Å²) in [5.74, 6) is -0.898. The fourth-order valence-corrected chi connectivity index (χ4v) is 1.19. The summed E-state index contributed by atoms with van der Waals surface area (Å²) in [5.41, 5.74) is -1.11. The molecular weight excluding hydrogens is 216 g/mol. The minimum absolute atomic E-state index is 0.0624. The van der Waals surface area contributed by atoms with Crippen LogP contribution in [-0.4, -0.2) is 16.4 Å². The van der Waals surface area contributed by atoms with Crippen LogP contribution in [-0.2, 0) is 5.88 Å². The Morgan fingerprint density at radius 2 is 2.29 bits per heavy atom. The maximum absolute atomic E-state index is 12.4. The van der Waals surface area contributed by atoms with Crippen LogP contribution in [0.15, 0.2) is 6.20 Å². The molecule has 1 rings (SSSR count). The molecule has 0 saturated heterocycles. The maximum Gasteiger partial charge on any atom is 0.268 e. The average Bonchev–Trinajstić information content (AvgIpc) is 2.16. The van der Waals surface area contributed by atoms with E-state index in [2.05, 4.69) is 4.98 Å². The summed E-state index contributed by atoms with van der Waals surface area (Å²) in [4.78, 5) is 13.9. The highest BCUT2D eigenvalue weighted by atomic mass is 35.5. The second-order valence-corrected chi connectivity index (χ2v) is 2.74. The highest BCUT2D eigenvalue weighted by Crippen LogP contribution is 2.32. The van der Waals surface area contributed by atoms with Gasteiger partial charge in [0.1, 0.15) is 5.75 Å². The molecule has 0 atom stereocenters. The van der Waals surface area contributed by atoms with Crippen molar-refractivity contribution >= 4 is 17.9 Å². The van der Waals surface area contributed by atoms with E-state index in [1.807, 2.05) is 0 Å². The topological polar surface area (TPSA) is 50.2 Å². The van der Waals surface area contributed by atoms with E-state index < -0.39 is 17.7 Å². The van der Waals surface area contributed by atoms with Crippen LogP contribution in [0.3, 0.4) is 0 Å². The van der Waals surface area contributed by atoms with Crippen molar-refractivity contribution in [3.05, 3.63) is 23.0 Å². The van der Waals surface area contributed by atoms with Crippen LogP contribution in [0.5, 0.6) is 5.75 Å². The first-order valence-electron chi connectivity index (χ1n) is 3.61. The highest BCUT2D eigenvalue weighted by molar-refractivity contribution is 6.17. The van der Waals surface area contributed by atoms with E-state index in [1.54, 1.807) is 0 Å². The molecule has 3 nitrogen and oxygen atoms in total. The molecule has 0 saturated carbocycles. The lowest BCUT2D eigenvalue weighted by atomic mass is 10.1. The predicted molar refractivity (Wildman–Crippen MR) is 45.8 cm³/mol. The van der Waals surface area contributed by atoms with Gasteiger partial charge in [0.2, 0.25) is 0 Å². The van der Waals surface area contributed by atoms with Gasteiger partial charge in [-0.3, -0.25) is 9.78 Å². The third kappa shape index (κ3) is 1.82. The van der Waals surface area contributed by atoms with Gasteiger partial charge in [0.15, 0.2) is 6.29 Å². The number of nitrogens with zero attached hydrogens (tertiary/aromatic N) is 1. The van der Waals surface area contributed by atoms with Crippen molar-refractivity contribution in [2.75, 3.05) is 0 Å². The fourth-order valence-electron chi connectivity index (χ4n) is 0.991. The molecule has 6 heteroatoms. The van der Waals surface area contributed by atoms with Gasteiger partial charge in [-0.1, -0.05) is 0 Å². The van der Waals surface area contributed by atoms with E-state index in [9.17, 15) is 18.7 Å². The van der Waals surface area contributed by atoms with Gasteiger partial charge in [-0.25, -0.2) is 8.78 Å². The quantitative estimate of drug-likeness (QED) is 0.629. The number of carbonyl (C=O) groups excluding carboxylic acids is 1. The van der Waals surface area contributed by atoms with E-state index >= 15 is 0 Å². The highest BCUT2D eigenvalue weighted by Gasteiger charge is 2.20. The zero-order valence-electron chi connectivity index (χ0n) is 6.88. The SMILES string of the molecule is O=Cc1cnc(CCl)c(O)c1C(F)F. The predicted octanol–water partition coefficient (Wildman–Crippen LogP) is 2.28. The lowest BCUT2D eigenvalue weighted by molar-refractivity contribution is 0.110. The third-order valence-corrected chi connectivity index (χ3v) is 1.92. The number of carbonyl (C=O) groups is 1. The molecule has 0 fully saturated rings. The fraction of sp³-hybridized carbons (Fsp3) is 0.250. The molecule has 1 aromatic rings. The smallest absolute Gasteiger partial charge is 0.268 e. The summed E-state index contributed by atoms with van der Waals surface area (Å²) in [7, 11) is 0. The first-order valence-corrected chi connectivity index (χ1v) is 4.15. The van der Waals surface area contributed by atoms with Crippen LogP contribution < -0.4 is 0 Å². The normalized spacial score (nSPS) is 10.6. The summed E-state index contributed by atoms with van der Waals surface area (Å²) < 4.78 is 24.8. The minimum Gasteiger partial charge on any atom is -0.505 e. The molecule has 0 unspecified atom stereocenters. The van der Waals surface area contributed by atoms with E-state index in [1.165, 1.54) is 0 Å². The molecule has 76 valence electrons. The third-order valence-electron chi connectivity index (χ3n) is 1.67. The number of rotatable bonds is 3. The summed E-state index contributed by atoms with van der Waals surface area (Å²) in [6.45, 7) is 0. The van der Waals surface area contributed by atoms with Crippen LogP contribution >= 0.6 is 11.6 Å². The van der Waals surface area contributed by atoms with Gasteiger partial charge in [-0.05, 0) is 0 Å². The molecule has 0 aliphatic rings. The molecular formula is C8H6ClF2NO2. The lowest BCUT2D eigenvalue weighted by Crippen LogP contribution is -1.99. The standard InChI is InChI=1S/C8H6ClF2NO2/c9-1-5-7(14)6(8(10)11)4(3-13)2-12-5/h2-3,8,14H,1H2. The Morgan fingerprint density at radius 1 is 1.64 bits per heavy atom. The zero-order valence-corrected chi connectivity index (χ0v) is 7.63. The van der Waals surface area contributed by atoms with Crippen molar-refractivity contribution in [2.24, 2.45) is 0 Å². The number of alkyl halides is 3. The van der Waals surface area contributed by atoms with E-state index in [0.717, 1.165) is 6.20 Å². The zero-order chi connectivity index (χ0) is 10.7.